The van der Waals surface area contributed by atoms with Gasteiger partial charge < -0.3 is 5.11 Å². The van der Waals surface area contributed by atoms with Crippen molar-refractivity contribution in [3.8, 4) is 0 Å². The summed E-state index contributed by atoms with van der Waals surface area (Å²) in [6.07, 6.45) is 4.96. The molecule has 1 aromatic heterocycles. The van der Waals surface area contributed by atoms with E-state index in [1.165, 1.54) is 11.8 Å². The summed E-state index contributed by atoms with van der Waals surface area (Å²) >= 11 is 1.44. The van der Waals surface area contributed by atoms with Crippen LogP contribution >= 0.6 is 11.8 Å². The Morgan fingerprint density at radius 1 is 1.67 bits per heavy atom. The molecule has 0 bridgehead atoms. The van der Waals surface area contributed by atoms with Crippen molar-refractivity contribution in [1.82, 2.24) is 20.2 Å². The highest BCUT2D eigenvalue weighted by atomic mass is 32.2. The number of rotatable bonds is 5. The van der Waals surface area contributed by atoms with Crippen LogP contribution < -0.4 is 0 Å². The van der Waals surface area contributed by atoms with Gasteiger partial charge in [0, 0.05) is 11.8 Å². The summed E-state index contributed by atoms with van der Waals surface area (Å²) in [5.74, 6) is -0.364. The van der Waals surface area contributed by atoms with Gasteiger partial charge in [0.1, 0.15) is 0 Å². The van der Waals surface area contributed by atoms with Crippen molar-refractivity contribution in [2.24, 2.45) is 0 Å². The fourth-order valence-corrected chi connectivity index (χ4v) is 1.85. The van der Waals surface area contributed by atoms with Crippen molar-refractivity contribution in [2.75, 3.05) is 5.75 Å². The summed E-state index contributed by atoms with van der Waals surface area (Å²) in [4.78, 5) is 10.2. The molecule has 15 heavy (non-hydrogen) atoms. The SMILES string of the molecule is O=C(O)/C=C/CSc1nnnn1C1CC1. The van der Waals surface area contributed by atoms with Crippen LogP contribution in [0.1, 0.15) is 18.9 Å². The molecule has 1 fully saturated rings. The van der Waals surface area contributed by atoms with Gasteiger partial charge in [0.2, 0.25) is 5.16 Å². The van der Waals surface area contributed by atoms with Gasteiger partial charge in [0.15, 0.2) is 0 Å². The molecule has 1 aliphatic carbocycles. The first-order chi connectivity index (χ1) is 7.27. The fraction of sp³-hybridized carbons (Fsp3) is 0.500. The van der Waals surface area contributed by atoms with E-state index in [0.29, 0.717) is 11.8 Å². The largest absolute Gasteiger partial charge is 0.478 e. The number of carbonyl (C=O) groups is 1. The maximum atomic E-state index is 10.2. The number of aromatic nitrogens is 4. The van der Waals surface area contributed by atoms with Gasteiger partial charge in [-0.25, -0.2) is 9.48 Å². The molecule has 1 aromatic rings. The molecular formula is C8H10N4O2S. The molecule has 80 valence electrons. The summed E-state index contributed by atoms with van der Waals surface area (Å²) in [5, 5.41) is 20.5. The Morgan fingerprint density at radius 2 is 2.47 bits per heavy atom. The van der Waals surface area contributed by atoms with E-state index in [9.17, 15) is 4.79 Å². The zero-order chi connectivity index (χ0) is 10.7. The van der Waals surface area contributed by atoms with E-state index in [2.05, 4.69) is 15.5 Å². The molecule has 1 heterocycles. The molecule has 1 saturated carbocycles. The summed E-state index contributed by atoms with van der Waals surface area (Å²) < 4.78 is 1.80. The molecule has 0 saturated heterocycles. The lowest BCUT2D eigenvalue weighted by Crippen LogP contribution is -1.98. The van der Waals surface area contributed by atoms with E-state index in [-0.39, 0.29) is 0 Å². The lowest BCUT2D eigenvalue weighted by atomic mass is 10.5. The monoisotopic (exact) mass is 226 g/mol. The molecule has 0 aromatic carbocycles. The number of nitrogens with zero attached hydrogens (tertiary/aromatic N) is 4. The minimum atomic E-state index is -0.933. The lowest BCUT2D eigenvalue weighted by molar-refractivity contribution is -0.131. The van der Waals surface area contributed by atoms with Crippen molar-refractivity contribution in [2.45, 2.75) is 24.0 Å². The topological polar surface area (TPSA) is 80.9 Å². The van der Waals surface area contributed by atoms with Crippen molar-refractivity contribution in [1.29, 1.82) is 0 Å². The zero-order valence-electron chi connectivity index (χ0n) is 7.91. The number of aliphatic carboxylic acids is 1. The maximum absolute atomic E-state index is 10.2. The second-order valence-electron chi connectivity index (χ2n) is 3.19. The van der Waals surface area contributed by atoms with E-state index < -0.39 is 5.97 Å². The second kappa shape index (κ2) is 4.43. The molecule has 2 rings (SSSR count). The number of hydrogen-bond acceptors (Lipinski definition) is 5. The van der Waals surface area contributed by atoms with Crippen molar-refractivity contribution >= 4 is 17.7 Å². The maximum Gasteiger partial charge on any atom is 0.328 e. The molecule has 0 spiro atoms. The van der Waals surface area contributed by atoms with Gasteiger partial charge >= 0.3 is 5.97 Å². The third-order valence-corrected chi connectivity index (χ3v) is 2.81. The van der Waals surface area contributed by atoms with Crippen molar-refractivity contribution in [3.63, 3.8) is 0 Å². The molecule has 0 atom stereocenters. The Labute approximate surface area is 90.4 Å². The summed E-state index contributed by atoms with van der Waals surface area (Å²) in [7, 11) is 0. The molecule has 0 radical (unpaired) electrons. The number of carboxylic acids is 1. The molecule has 7 heteroatoms. The normalized spacial score (nSPS) is 16.0. The van der Waals surface area contributed by atoms with Crippen LogP contribution in [0, 0.1) is 0 Å². The zero-order valence-corrected chi connectivity index (χ0v) is 8.72. The number of hydrogen-bond donors (Lipinski definition) is 1. The van der Waals surface area contributed by atoms with Crippen LogP contribution in [0.4, 0.5) is 0 Å². The molecule has 0 unspecified atom stereocenters. The summed E-state index contributed by atoms with van der Waals surface area (Å²) in [6.45, 7) is 0. The van der Waals surface area contributed by atoms with Crippen LogP contribution in [0.15, 0.2) is 17.3 Å². The minimum Gasteiger partial charge on any atom is -0.478 e. The van der Waals surface area contributed by atoms with E-state index in [1.807, 2.05) is 0 Å². The number of tetrazole rings is 1. The van der Waals surface area contributed by atoms with E-state index in [1.54, 1.807) is 10.8 Å². The molecule has 0 amide bonds. The number of carboxylic acid groups (broad SMARTS) is 1. The Hall–Kier alpha value is -1.37. The Kier molecular flexibility index (Phi) is 3.00. The first-order valence-electron chi connectivity index (χ1n) is 4.57. The highest BCUT2D eigenvalue weighted by Crippen LogP contribution is 2.36. The summed E-state index contributed by atoms with van der Waals surface area (Å²) in [6, 6.07) is 0.450. The van der Waals surface area contributed by atoms with Gasteiger partial charge in [-0.1, -0.05) is 17.8 Å². The van der Waals surface area contributed by atoms with Crippen LogP contribution in [-0.4, -0.2) is 37.0 Å². The molecule has 0 aliphatic heterocycles. The quantitative estimate of drug-likeness (QED) is 0.589. The smallest absolute Gasteiger partial charge is 0.328 e. The third-order valence-electron chi connectivity index (χ3n) is 1.92. The Balaban J connectivity index is 1.87. The standard InChI is InChI=1S/C8H10N4O2S/c13-7(14)2-1-5-15-8-9-10-11-12(8)6-3-4-6/h1-2,6H,3-5H2,(H,13,14)/b2-1+. The van der Waals surface area contributed by atoms with Crippen molar-refractivity contribution in [3.05, 3.63) is 12.2 Å². The van der Waals surface area contributed by atoms with Gasteiger partial charge in [0.25, 0.3) is 0 Å². The third kappa shape index (κ3) is 2.79. The van der Waals surface area contributed by atoms with Crippen LogP contribution in [0.5, 0.6) is 0 Å². The predicted molar refractivity (Wildman–Crippen MR) is 53.6 cm³/mol. The average molecular weight is 226 g/mol. The average Bonchev–Trinajstić information content (AvgIpc) is 2.93. The van der Waals surface area contributed by atoms with Crippen LogP contribution in [0.25, 0.3) is 0 Å². The van der Waals surface area contributed by atoms with Crippen molar-refractivity contribution < 1.29 is 9.90 Å². The van der Waals surface area contributed by atoms with Crippen LogP contribution in [-0.2, 0) is 4.79 Å². The van der Waals surface area contributed by atoms with E-state index in [4.69, 9.17) is 5.11 Å². The Bertz CT molecular complexity index is 386. The van der Waals surface area contributed by atoms with Gasteiger partial charge in [-0.2, -0.15) is 0 Å². The van der Waals surface area contributed by atoms with Crippen LogP contribution in [0.3, 0.4) is 0 Å². The van der Waals surface area contributed by atoms with Crippen LogP contribution in [0.2, 0.25) is 0 Å². The van der Waals surface area contributed by atoms with E-state index in [0.717, 1.165) is 24.1 Å². The Morgan fingerprint density at radius 3 is 3.13 bits per heavy atom. The molecule has 1 aliphatic rings. The van der Waals surface area contributed by atoms with Gasteiger partial charge in [-0.3, -0.25) is 0 Å². The first-order valence-corrected chi connectivity index (χ1v) is 5.56. The molecule has 1 N–H and O–H groups in total. The van der Waals surface area contributed by atoms with Gasteiger partial charge in [-0.15, -0.1) is 5.10 Å². The predicted octanol–water partition coefficient (Wildman–Crippen LogP) is 0.741. The number of thioether (sulfide) groups is 1. The first kappa shape index (κ1) is 10.2. The fourth-order valence-electron chi connectivity index (χ4n) is 1.10. The summed E-state index contributed by atoms with van der Waals surface area (Å²) in [5.41, 5.74) is 0. The molecule has 6 nitrogen and oxygen atoms in total. The van der Waals surface area contributed by atoms with Gasteiger partial charge in [0.05, 0.1) is 6.04 Å². The highest BCUT2D eigenvalue weighted by molar-refractivity contribution is 7.99. The van der Waals surface area contributed by atoms with E-state index >= 15 is 0 Å². The van der Waals surface area contributed by atoms with Gasteiger partial charge in [-0.05, 0) is 23.3 Å². The second-order valence-corrected chi connectivity index (χ2v) is 4.18. The molecular weight excluding hydrogens is 216 g/mol. The highest BCUT2D eigenvalue weighted by Gasteiger charge is 2.27. The minimum absolute atomic E-state index is 0.450. The lowest BCUT2D eigenvalue weighted by Gasteiger charge is -1.98.